The molecule has 8 heteroatoms. The van der Waals surface area contributed by atoms with Crippen LogP contribution in [0.5, 0.6) is 17.2 Å². The summed E-state index contributed by atoms with van der Waals surface area (Å²) in [6, 6.07) is 13.4. The minimum Gasteiger partial charge on any atom is -0.493 e. The molecule has 0 saturated heterocycles. The van der Waals surface area contributed by atoms with Gasteiger partial charge in [-0.15, -0.1) is 0 Å². The lowest BCUT2D eigenvalue weighted by atomic mass is 10.2. The SMILES string of the molecule is CCNC(=NCc1ccc(OCCO)c(OC)c1)Nc1cccc(OCCCOC)c1. The first kappa shape index (κ1) is 24.3. The number of hydrogen-bond donors (Lipinski definition) is 3. The predicted octanol–water partition coefficient (Wildman–Crippen LogP) is 3.06. The Morgan fingerprint density at radius 1 is 1.00 bits per heavy atom. The van der Waals surface area contributed by atoms with Crippen molar-refractivity contribution in [2.24, 2.45) is 4.99 Å². The molecule has 0 unspecified atom stereocenters. The standard InChI is InChI=1S/C23H33N3O5/c1-4-24-23(26-19-7-5-8-20(16-19)30-13-6-12-28-2)25-17-18-9-10-21(31-14-11-27)22(15-18)29-3/h5,7-10,15-16,27H,4,6,11-14,17H2,1-3H3,(H2,24,25,26). The molecule has 0 bridgehead atoms. The lowest BCUT2D eigenvalue weighted by molar-refractivity contribution is 0.172. The number of aliphatic hydroxyl groups is 1. The molecule has 0 heterocycles. The predicted molar refractivity (Wildman–Crippen MR) is 122 cm³/mol. The quantitative estimate of drug-likeness (QED) is 0.255. The maximum Gasteiger partial charge on any atom is 0.196 e. The van der Waals surface area contributed by atoms with Crippen molar-refractivity contribution in [3.8, 4) is 17.2 Å². The third-order valence-corrected chi connectivity index (χ3v) is 4.20. The van der Waals surface area contributed by atoms with Crippen molar-refractivity contribution < 1.29 is 24.1 Å². The maximum atomic E-state index is 8.93. The number of ether oxygens (including phenoxy) is 4. The Morgan fingerprint density at radius 2 is 1.87 bits per heavy atom. The fraction of sp³-hybridized carbons (Fsp3) is 0.435. The summed E-state index contributed by atoms with van der Waals surface area (Å²) in [5.74, 6) is 2.66. The number of hydrogen-bond acceptors (Lipinski definition) is 6. The fourth-order valence-electron chi connectivity index (χ4n) is 2.76. The van der Waals surface area contributed by atoms with Gasteiger partial charge in [0.25, 0.3) is 0 Å². The number of nitrogens with one attached hydrogen (secondary N) is 2. The van der Waals surface area contributed by atoms with E-state index in [4.69, 9.17) is 24.1 Å². The molecule has 0 amide bonds. The summed E-state index contributed by atoms with van der Waals surface area (Å²) in [5, 5.41) is 15.5. The lowest BCUT2D eigenvalue weighted by Crippen LogP contribution is -2.30. The van der Waals surface area contributed by atoms with Gasteiger partial charge >= 0.3 is 0 Å². The summed E-state index contributed by atoms with van der Waals surface area (Å²) in [6.07, 6.45) is 0.839. The second-order valence-electron chi connectivity index (χ2n) is 6.60. The van der Waals surface area contributed by atoms with Gasteiger partial charge in [0.15, 0.2) is 17.5 Å². The highest BCUT2D eigenvalue weighted by molar-refractivity contribution is 5.93. The number of benzene rings is 2. The number of guanidine groups is 1. The van der Waals surface area contributed by atoms with Crippen LogP contribution in [0.25, 0.3) is 0 Å². The van der Waals surface area contributed by atoms with Gasteiger partial charge in [0.1, 0.15) is 12.4 Å². The molecule has 0 aliphatic heterocycles. The number of methoxy groups -OCH3 is 2. The third kappa shape index (κ3) is 8.74. The van der Waals surface area contributed by atoms with Crippen LogP contribution in [0.15, 0.2) is 47.5 Å². The molecule has 0 aliphatic rings. The van der Waals surface area contributed by atoms with Gasteiger partial charge < -0.3 is 34.7 Å². The lowest BCUT2D eigenvalue weighted by Gasteiger charge is -2.14. The summed E-state index contributed by atoms with van der Waals surface area (Å²) in [6.45, 7) is 4.65. The van der Waals surface area contributed by atoms with Gasteiger partial charge in [0, 0.05) is 38.4 Å². The van der Waals surface area contributed by atoms with E-state index in [0.29, 0.717) is 37.2 Å². The minimum absolute atomic E-state index is 0.0493. The van der Waals surface area contributed by atoms with Crippen molar-refractivity contribution >= 4 is 11.6 Å². The summed E-state index contributed by atoms with van der Waals surface area (Å²) in [4.78, 5) is 4.66. The van der Waals surface area contributed by atoms with Crippen molar-refractivity contribution in [2.75, 3.05) is 52.5 Å². The minimum atomic E-state index is -0.0493. The summed E-state index contributed by atoms with van der Waals surface area (Å²) < 4.78 is 21.7. The molecule has 0 radical (unpaired) electrons. The number of aliphatic imine (C=N–C) groups is 1. The van der Waals surface area contributed by atoms with Crippen LogP contribution in [0, 0.1) is 0 Å². The number of rotatable bonds is 13. The monoisotopic (exact) mass is 431 g/mol. The van der Waals surface area contributed by atoms with Crippen molar-refractivity contribution in [1.82, 2.24) is 5.32 Å². The smallest absolute Gasteiger partial charge is 0.196 e. The van der Waals surface area contributed by atoms with Gasteiger partial charge in [0.05, 0.1) is 26.9 Å². The highest BCUT2D eigenvalue weighted by Gasteiger charge is 2.07. The Bertz CT molecular complexity index is 814. The third-order valence-electron chi connectivity index (χ3n) is 4.20. The van der Waals surface area contributed by atoms with E-state index in [1.165, 1.54) is 0 Å². The molecular formula is C23H33N3O5. The summed E-state index contributed by atoms with van der Waals surface area (Å²) >= 11 is 0. The van der Waals surface area contributed by atoms with Crippen LogP contribution in [-0.4, -0.2) is 58.3 Å². The zero-order chi connectivity index (χ0) is 22.3. The Labute approximate surface area is 184 Å². The van der Waals surface area contributed by atoms with Gasteiger partial charge in [-0.1, -0.05) is 12.1 Å². The number of aliphatic hydroxyl groups excluding tert-OH is 1. The molecule has 0 atom stereocenters. The first-order valence-electron chi connectivity index (χ1n) is 10.4. The van der Waals surface area contributed by atoms with Crippen LogP contribution in [0.2, 0.25) is 0 Å². The molecule has 31 heavy (non-hydrogen) atoms. The Balaban J connectivity index is 2.03. The molecule has 0 fully saturated rings. The van der Waals surface area contributed by atoms with Gasteiger partial charge in [-0.25, -0.2) is 4.99 Å². The van der Waals surface area contributed by atoms with E-state index in [9.17, 15) is 0 Å². The largest absolute Gasteiger partial charge is 0.493 e. The second-order valence-corrected chi connectivity index (χ2v) is 6.60. The van der Waals surface area contributed by atoms with E-state index in [1.54, 1.807) is 14.2 Å². The zero-order valence-corrected chi connectivity index (χ0v) is 18.5. The van der Waals surface area contributed by atoms with E-state index >= 15 is 0 Å². The number of nitrogens with zero attached hydrogens (tertiary/aromatic N) is 1. The van der Waals surface area contributed by atoms with Gasteiger partial charge in [0.2, 0.25) is 0 Å². The fourth-order valence-corrected chi connectivity index (χ4v) is 2.76. The van der Waals surface area contributed by atoms with Gasteiger partial charge in [-0.2, -0.15) is 0 Å². The van der Waals surface area contributed by atoms with Gasteiger partial charge in [-0.3, -0.25) is 0 Å². The van der Waals surface area contributed by atoms with Crippen LogP contribution >= 0.6 is 0 Å². The highest BCUT2D eigenvalue weighted by Crippen LogP contribution is 2.28. The van der Waals surface area contributed by atoms with E-state index < -0.39 is 0 Å². The van der Waals surface area contributed by atoms with E-state index in [-0.39, 0.29) is 13.2 Å². The second kappa shape index (κ2) is 14.1. The van der Waals surface area contributed by atoms with Crippen LogP contribution in [0.4, 0.5) is 5.69 Å². The van der Waals surface area contributed by atoms with E-state index in [2.05, 4.69) is 15.6 Å². The average molecular weight is 432 g/mol. The topological polar surface area (TPSA) is 93.6 Å². The molecule has 3 N–H and O–H groups in total. The van der Waals surface area contributed by atoms with Crippen molar-refractivity contribution in [2.45, 2.75) is 19.9 Å². The van der Waals surface area contributed by atoms with Crippen molar-refractivity contribution in [3.63, 3.8) is 0 Å². The Morgan fingerprint density at radius 3 is 2.61 bits per heavy atom. The molecule has 0 aromatic heterocycles. The summed E-state index contributed by atoms with van der Waals surface area (Å²) in [7, 11) is 3.27. The van der Waals surface area contributed by atoms with Crippen molar-refractivity contribution in [1.29, 1.82) is 0 Å². The first-order valence-corrected chi connectivity index (χ1v) is 10.4. The molecule has 0 spiro atoms. The molecular weight excluding hydrogens is 398 g/mol. The normalized spacial score (nSPS) is 11.2. The molecule has 0 aliphatic carbocycles. The molecule has 2 rings (SSSR count). The van der Waals surface area contributed by atoms with E-state index in [1.807, 2.05) is 49.4 Å². The molecule has 170 valence electrons. The van der Waals surface area contributed by atoms with Crippen LogP contribution in [-0.2, 0) is 11.3 Å². The highest BCUT2D eigenvalue weighted by atomic mass is 16.5. The van der Waals surface area contributed by atoms with Gasteiger partial charge in [-0.05, 0) is 36.8 Å². The van der Waals surface area contributed by atoms with Crippen LogP contribution in [0.1, 0.15) is 18.9 Å². The first-order chi connectivity index (χ1) is 15.2. The Kier molecular flexibility index (Phi) is 11.1. The van der Waals surface area contributed by atoms with E-state index in [0.717, 1.165) is 30.0 Å². The average Bonchev–Trinajstić information content (AvgIpc) is 2.79. The van der Waals surface area contributed by atoms with Crippen LogP contribution in [0.3, 0.4) is 0 Å². The summed E-state index contributed by atoms with van der Waals surface area (Å²) in [5.41, 5.74) is 1.86. The van der Waals surface area contributed by atoms with Crippen molar-refractivity contribution in [3.05, 3.63) is 48.0 Å². The molecule has 0 saturated carbocycles. The maximum absolute atomic E-state index is 8.93. The zero-order valence-electron chi connectivity index (χ0n) is 18.5. The molecule has 2 aromatic rings. The van der Waals surface area contributed by atoms with Crippen LogP contribution < -0.4 is 24.8 Å². The number of anilines is 1. The molecule has 2 aromatic carbocycles. The molecule has 8 nitrogen and oxygen atoms in total. The Hall–Kier alpha value is -2.97.